The zero-order valence-corrected chi connectivity index (χ0v) is 12.5. The number of carbonyl (C=O) groups is 2. The van der Waals surface area contributed by atoms with Crippen molar-refractivity contribution in [3.8, 4) is 5.75 Å². The van der Waals surface area contributed by atoms with Crippen molar-refractivity contribution in [3.63, 3.8) is 0 Å². The predicted molar refractivity (Wildman–Crippen MR) is 86.3 cm³/mol. The van der Waals surface area contributed by atoms with Crippen LogP contribution in [0.4, 0.5) is 5.69 Å². The summed E-state index contributed by atoms with van der Waals surface area (Å²) < 4.78 is 10.3. The summed E-state index contributed by atoms with van der Waals surface area (Å²) in [5, 5.41) is 2.74. The molecule has 2 aromatic rings. The van der Waals surface area contributed by atoms with Crippen LogP contribution >= 0.6 is 0 Å². The Hall–Kier alpha value is -3.08. The van der Waals surface area contributed by atoms with Crippen LogP contribution in [0.5, 0.6) is 5.75 Å². The Morgan fingerprint density at radius 1 is 1.09 bits per heavy atom. The topological polar surface area (TPSA) is 64.6 Å². The fraction of sp³-hybridized carbons (Fsp3) is 0.111. The number of methoxy groups -OCH3 is 1. The number of esters is 1. The third-order valence-corrected chi connectivity index (χ3v) is 3.50. The van der Waals surface area contributed by atoms with Crippen LogP contribution in [0.3, 0.4) is 0 Å². The summed E-state index contributed by atoms with van der Waals surface area (Å²) in [6, 6.07) is 14.2. The number of amides is 1. The lowest BCUT2D eigenvalue weighted by molar-refractivity contribution is -0.113. The van der Waals surface area contributed by atoms with Gasteiger partial charge in [-0.2, -0.15) is 0 Å². The average molecular weight is 309 g/mol. The molecule has 0 aliphatic carbocycles. The van der Waals surface area contributed by atoms with Crippen molar-refractivity contribution < 1.29 is 19.1 Å². The molecule has 1 aliphatic rings. The molecule has 0 fully saturated rings. The van der Waals surface area contributed by atoms with Crippen LogP contribution in [0.2, 0.25) is 0 Å². The van der Waals surface area contributed by atoms with E-state index in [0.29, 0.717) is 16.8 Å². The molecule has 0 saturated carbocycles. The molecule has 0 unspecified atom stereocenters. The minimum absolute atomic E-state index is 0.184. The number of rotatable bonds is 3. The molecule has 23 heavy (non-hydrogen) atoms. The molecule has 0 atom stereocenters. The molecule has 0 saturated heterocycles. The van der Waals surface area contributed by atoms with Crippen molar-refractivity contribution in [2.45, 2.75) is 0 Å². The molecule has 1 heterocycles. The number of hydrogen-bond acceptors (Lipinski definition) is 4. The second-order valence-electron chi connectivity index (χ2n) is 4.99. The summed E-state index contributed by atoms with van der Waals surface area (Å²) in [5.41, 5.74) is 2.05. The van der Waals surface area contributed by atoms with E-state index in [4.69, 9.17) is 9.47 Å². The van der Waals surface area contributed by atoms with Crippen LogP contribution in [0, 0.1) is 0 Å². The minimum atomic E-state index is -0.500. The Balaban J connectivity index is 1.84. The number of ether oxygens (including phenoxy) is 2. The Kier molecular flexibility index (Phi) is 4.10. The van der Waals surface area contributed by atoms with Crippen molar-refractivity contribution in [2.24, 2.45) is 0 Å². The SMILES string of the molecule is COC(=O)c1ccccc1NC(=O)C1=Cc2ccccc2OC1. The summed E-state index contributed by atoms with van der Waals surface area (Å²) in [5.74, 6) is -0.0602. The van der Waals surface area contributed by atoms with E-state index in [9.17, 15) is 9.59 Å². The molecule has 116 valence electrons. The third kappa shape index (κ3) is 3.08. The lowest BCUT2D eigenvalue weighted by Gasteiger charge is -2.18. The number of para-hydroxylation sites is 2. The third-order valence-electron chi connectivity index (χ3n) is 3.50. The van der Waals surface area contributed by atoms with E-state index in [0.717, 1.165) is 11.3 Å². The highest BCUT2D eigenvalue weighted by molar-refractivity contribution is 6.10. The smallest absolute Gasteiger partial charge is 0.339 e. The number of nitrogens with one attached hydrogen (secondary N) is 1. The zero-order valence-electron chi connectivity index (χ0n) is 12.5. The first kappa shape index (κ1) is 14.8. The van der Waals surface area contributed by atoms with E-state index in [1.165, 1.54) is 7.11 Å². The van der Waals surface area contributed by atoms with Gasteiger partial charge in [-0.15, -0.1) is 0 Å². The molecule has 1 amide bonds. The number of carbonyl (C=O) groups excluding carboxylic acids is 2. The predicted octanol–water partition coefficient (Wildman–Crippen LogP) is 2.89. The molecule has 0 spiro atoms. The second-order valence-corrected chi connectivity index (χ2v) is 4.99. The van der Waals surface area contributed by atoms with E-state index in [2.05, 4.69) is 5.32 Å². The summed E-state index contributed by atoms with van der Waals surface area (Å²) in [4.78, 5) is 24.2. The van der Waals surface area contributed by atoms with Gasteiger partial charge in [-0.1, -0.05) is 30.3 Å². The molecule has 5 heteroatoms. The first-order valence-electron chi connectivity index (χ1n) is 7.10. The summed E-state index contributed by atoms with van der Waals surface area (Å²) in [7, 11) is 1.30. The molecular formula is C18H15NO4. The van der Waals surface area contributed by atoms with Gasteiger partial charge in [0.1, 0.15) is 12.4 Å². The molecule has 2 aromatic carbocycles. The van der Waals surface area contributed by atoms with Crippen LogP contribution in [0.1, 0.15) is 15.9 Å². The average Bonchev–Trinajstić information content (AvgIpc) is 2.61. The van der Waals surface area contributed by atoms with E-state index in [1.54, 1.807) is 30.3 Å². The van der Waals surface area contributed by atoms with Crippen LogP contribution in [0.15, 0.2) is 54.1 Å². The molecule has 1 aliphatic heterocycles. The van der Waals surface area contributed by atoms with Gasteiger partial charge < -0.3 is 14.8 Å². The van der Waals surface area contributed by atoms with Crippen LogP contribution < -0.4 is 10.1 Å². The van der Waals surface area contributed by atoms with Crippen molar-refractivity contribution in [3.05, 3.63) is 65.2 Å². The number of anilines is 1. The molecule has 1 N–H and O–H groups in total. The standard InChI is InChI=1S/C18H15NO4/c1-22-18(21)14-7-3-4-8-15(14)19-17(20)13-10-12-6-2-5-9-16(12)23-11-13/h2-10H,11H2,1H3,(H,19,20). The monoisotopic (exact) mass is 309 g/mol. The van der Waals surface area contributed by atoms with Gasteiger partial charge in [-0.3, -0.25) is 4.79 Å². The second kappa shape index (κ2) is 6.36. The minimum Gasteiger partial charge on any atom is -0.488 e. The maximum atomic E-state index is 12.4. The Morgan fingerprint density at radius 2 is 1.83 bits per heavy atom. The maximum absolute atomic E-state index is 12.4. The lowest BCUT2D eigenvalue weighted by Crippen LogP contribution is -2.22. The van der Waals surface area contributed by atoms with Gasteiger partial charge in [-0.25, -0.2) is 4.79 Å². The summed E-state index contributed by atoms with van der Waals surface area (Å²) in [6.07, 6.45) is 1.79. The number of fused-ring (bicyclic) bond motifs is 1. The molecule has 0 bridgehead atoms. The quantitative estimate of drug-likeness (QED) is 0.885. The molecule has 0 aromatic heterocycles. The van der Waals surface area contributed by atoms with Gasteiger partial charge in [-0.05, 0) is 24.3 Å². The first-order valence-corrected chi connectivity index (χ1v) is 7.10. The summed E-state index contributed by atoms with van der Waals surface area (Å²) in [6.45, 7) is 0.184. The number of hydrogen-bond donors (Lipinski definition) is 1. The molecule has 5 nitrogen and oxygen atoms in total. The van der Waals surface area contributed by atoms with E-state index in [1.807, 2.05) is 24.3 Å². The van der Waals surface area contributed by atoms with Crippen molar-refractivity contribution in [2.75, 3.05) is 19.0 Å². The van der Waals surface area contributed by atoms with Crippen molar-refractivity contribution in [1.82, 2.24) is 0 Å². The first-order chi connectivity index (χ1) is 11.2. The van der Waals surface area contributed by atoms with Gasteiger partial charge in [0.15, 0.2) is 0 Å². The lowest BCUT2D eigenvalue weighted by atomic mass is 10.1. The van der Waals surface area contributed by atoms with Gasteiger partial charge in [0.05, 0.1) is 23.9 Å². The fourth-order valence-corrected chi connectivity index (χ4v) is 2.33. The fourth-order valence-electron chi connectivity index (χ4n) is 2.33. The van der Waals surface area contributed by atoms with Crippen molar-refractivity contribution in [1.29, 1.82) is 0 Å². The maximum Gasteiger partial charge on any atom is 0.339 e. The largest absolute Gasteiger partial charge is 0.488 e. The van der Waals surface area contributed by atoms with Gasteiger partial charge in [0.25, 0.3) is 5.91 Å². The highest BCUT2D eigenvalue weighted by Crippen LogP contribution is 2.26. The van der Waals surface area contributed by atoms with Gasteiger partial charge in [0.2, 0.25) is 0 Å². The Bertz CT molecular complexity index is 795. The molecular weight excluding hydrogens is 294 g/mol. The van der Waals surface area contributed by atoms with Crippen molar-refractivity contribution >= 4 is 23.6 Å². The van der Waals surface area contributed by atoms with Crippen LogP contribution in [-0.4, -0.2) is 25.6 Å². The molecule has 0 radical (unpaired) electrons. The van der Waals surface area contributed by atoms with Crippen LogP contribution in [0.25, 0.3) is 6.08 Å². The Morgan fingerprint density at radius 3 is 2.65 bits per heavy atom. The van der Waals surface area contributed by atoms with E-state index < -0.39 is 5.97 Å². The van der Waals surface area contributed by atoms with Gasteiger partial charge >= 0.3 is 5.97 Å². The Labute approximate surface area is 133 Å². The summed E-state index contributed by atoms with van der Waals surface area (Å²) >= 11 is 0. The van der Waals surface area contributed by atoms with Gasteiger partial charge in [0, 0.05) is 5.56 Å². The zero-order chi connectivity index (χ0) is 16.2. The van der Waals surface area contributed by atoms with E-state index >= 15 is 0 Å². The van der Waals surface area contributed by atoms with E-state index in [-0.39, 0.29) is 12.5 Å². The molecule has 3 rings (SSSR count). The number of benzene rings is 2. The highest BCUT2D eigenvalue weighted by atomic mass is 16.5. The normalized spacial score (nSPS) is 12.5. The van der Waals surface area contributed by atoms with Crippen LogP contribution in [-0.2, 0) is 9.53 Å². The highest BCUT2D eigenvalue weighted by Gasteiger charge is 2.19.